The van der Waals surface area contributed by atoms with Crippen LogP contribution in [0.2, 0.25) is 0 Å². The molecule has 108 heavy (non-hydrogen) atoms. The highest BCUT2D eigenvalue weighted by Crippen LogP contribution is 2.57. The van der Waals surface area contributed by atoms with Crippen LogP contribution in [-0.4, -0.2) is 13.4 Å². The number of benzene rings is 15. The van der Waals surface area contributed by atoms with Gasteiger partial charge in [-0.25, -0.2) is 0 Å². The van der Waals surface area contributed by atoms with E-state index in [1.54, 1.807) is 24.3 Å². The van der Waals surface area contributed by atoms with Gasteiger partial charge in [0.1, 0.15) is 23.0 Å². The molecular formula is C102H82B2N2O2. The minimum atomic E-state index is -1.59. The Hall–Kier alpha value is -12.4. The van der Waals surface area contributed by atoms with E-state index >= 15 is 0 Å². The van der Waals surface area contributed by atoms with E-state index in [1.165, 1.54) is 0 Å². The lowest BCUT2D eigenvalue weighted by molar-refractivity contribution is 0.467. The van der Waals surface area contributed by atoms with E-state index in [2.05, 4.69) is 133 Å². The van der Waals surface area contributed by atoms with E-state index in [0.717, 1.165) is 61.2 Å². The second-order valence-electron chi connectivity index (χ2n) is 31.5. The molecule has 4 nitrogen and oxygen atoms in total. The molecule has 0 aromatic heterocycles. The molecule has 0 spiro atoms. The van der Waals surface area contributed by atoms with Gasteiger partial charge in [-0.2, -0.15) is 0 Å². The monoisotopic (exact) mass is 1400 g/mol. The molecule has 0 unspecified atom stereocenters. The van der Waals surface area contributed by atoms with E-state index in [0.29, 0.717) is 50.5 Å². The molecule has 0 aliphatic carbocycles. The lowest BCUT2D eigenvalue weighted by Gasteiger charge is -2.48. The molecule has 0 radical (unpaired) electrons. The maximum atomic E-state index is 12.2. The van der Waals surface area contributed by atoms with E-state index in [1.807, 2.05) is 158 Å². The van der Waals surface area contributed by atoms with E-state index in [9.17, 15) is 20.6 Å². The maximum Gasteiger partial charge on any atom is 0.260 e. The first-order chi connectivity index (χ1) is 58.8. The average molecular weight is 1400 g/mol. The number of rotatable bonds is 10. The summed E-state index contributed by atoms with van der Waals surface area (Å²) in [5.74, 6) is -1.13. The van der Waals surface area contributed by atoms with Gasteiger partial charge in [0.25, 0.3) is 13.4 Å². The fraction of sp³-hybridized carbons (Fsp3) is 0.118. The Morgan fingerprint density at radius 3 is 1.09 bits per heavy atom. The van der Waals surface area contributed by atoms with Crippen LogP contribution in [0.5, 0.6) is 23.0 Å². The third-order valence-electron chi connectivity index (χ3n) is 21.7. The van der Waals surface area contributed by atoms with Crippen molar-refractivity contribution in [1.29, 1.82) is 0 Å². The molecule has 15 aromatic carbocycles. The molecule has 0 saturated heterocycles. The summed E-state index contributed by atoms with van der Waals surface area (Å²) < 4.78 is 171. The standard InChI is InChI=1S/C102H82B2N2O2/c1-100(2,3)74-58-79(68-37-20-12-21-38-68)97(80(59-74)69-39-22-13-23-40-69)105-86-56-55-73(93-77(67-35-18-11-19-36-67)45-32-46-78(93)72-53-51-66(52-54-72)65-33-16-10-17-34-65)57-85(86)104-94-87(105)62-76(102(7,8)9)63-88(94)106(98-81(70-41-24-14-25-42-70)60-75(101(4,5)6)61-82(98)71-43-26-15-27-44-71)89-64-92-96-99(95(89)104)108-91-50-31-29-48-84(91)103(96)83-47-28-30-49-90(83)107-92/h10-64H,1-9H3/i28D,29D,30D,31D,32D,45D,46D,47D,48D,49D,50D,55D,56D,57D,64D. The number of para-hydroxylation sites is 2. The summed E-state index contributed by atoms with van der Waals surface area (Å²) in [6.07, 6.45) is 0. The van der Waals surface area contributed by atoms with Crippen LogP contribution < -0.4 is 52.1 Å². The van der Waals surface area contributed by atoms with Gasteiger partial charge in [0.05, 0.1) is 31.9 Å². The summed E-state index contributed by atoms with van der Waals surface area (Å²) in [5, 5.41) is 0. The molecule has 4 aliphatic rings. The van der Waals surface area contributed by atoms with Crippen molar-refractivity contribution in [2.45, 2.75) is 78.6 Å². The van der Waals surface area contributed by atoms with Crippen LogP contribution in [0, 0.1) is 0 Å². The Kier molecular flexibility index (Phi) is 12.3. The number of ether oxygens (including phenoxy) is 2. The summed E-state index contributed by atoms with van der Waals surface area (Å²) in [6.45, 7) is 16.3. The number of anilines is 6. The highest BCUT2D eigenvalue weighted by molar-refractivity contribution is 7.03. The number of hydrogen-bond donors (Lipinski definition) is 0. The van der Waals surface area contributed by atoms with Crippen molar-refractivity contribution in [2.75, 3.05) is 9.80 Å². The van der Waals surface area contributed by atoms with E-state index < -0.39 is 96.1 Å². The molecule has 0 bridgehead atoms. The lowest BCUT2D eigenvalue weighted by atomic mass is 9.30. The number of fused-ring (bicyclic) bond motifs is 9. The fourth-order valence-corrected chi connectivity index (χ4v) is 16.2. The summed E-state index contributed by atoms with van der Waals surface area (Å²) in [6, 6.07) is 71.7. The smallest absolute Gasteiger partial charge is 0.260 e. The SMILES string of the molecule is [2H]c1c([2H])c([2H])c2c(c1[2H])Oc1c([2H])c3c(c4c1B2c1c([2H])c([2H])c([2H])c([2H])c1O4)B1c2c(cc(C(C)(C)C)cc2N3c2c(-c3ccccc3)cc(C(C)(C)C)cc2-c2ccccc2)N(c2c(-c3ccccc3)cc(C(C)(C)C)cc2-c2ccccc2)c2c([2H])c([2H])c(-c3c(-c4ccccc4)c([2H])c([2H])c([2H])c3-c3ccc(-c4ccccc4)cc3)c([2H])c21. The molecule has 0 saturated carbocycles. The van der Waals surface area contributed by atoms with Crippen LogP contribution in [0.15, 0.2) is 333 Å². The first-order valence-corrected chi connectivity index (χ1v) is 36.9. The van der Waals surface area contributed by atoms with Gasteiger partial charge >= 0.3 is 0 Å². The molecule has 0 N–H and O–H groups in total. The first-order valence-electron chi connectivity index (χ1n) is 44.4. The molecule has 6 heteroatoms. The van der Waals surface area contributed by atoms with Gasteiger partial charge in [0, 0.05) is 56.5 Å². The summed E-state index contributed by atoms with van der Waals surface area (Å²) in [7, 11) is 0. The molecule has 19 rings (SSSR count). The van der Waals surface area contributed by atoms with Crippen LogP contribution >= 0.6 is 0 Å². The van der Waals surface area contributed by atoms with Crippen LogP contribution in [0.3, 0.4) is 0 Å². The number of nitrogens with zero attached hydrogens (tertiary/aromatic N) is 2. The van der Waals surface area contributed by atoms with Crippen molar-refractivity contribution >= 4 is 80.3 Å². The number of hydrogen-bond acceptors (Lipinski definition) is 4. The zero-order valence-electron chi connectivity index (χ0n) is 76.5. The Balaban J connectivity index is 1.09. The molecule has 0 amide bonds. The largest absolute Gasteiger partial charge is 0.459 e. The molecule has 4 heterocycles. The third kappa shape index (κ3) is 11.1. The van der Waals surface area contributed by atoms with Crippen LogP contribution in [0.25, 0.3) is 89.0 Å². The molecular weight excluding hydrogens is 1310 g/mol. The van der Waals surface area contributed by atoms with Gasteiger partial charge in [-0.1, -0.05) is 335 Å². The first kappa shape index (κ1) is 51.8. The maximum absolute atomic E-state index is 12.2. The Morgan fingerprint density at radius 2 is 0.648 bits per heavy atom. The molecule has 0 atom stereocenters. The van der Waals surface area contributed by atoms with Crippen molar-refractivity contribution < 1.29 is 30.0 Å². The summed E-state index contributed by atoms with van der Waals surface area (Å²) in [5.41, 5.74) is 12.1. The second-order valence-corrected chi connectivity index (χ2v) is 31.5. The van der Waals surface area contributed by atoms with Crippen molar-refractivity contribution in [3.63, 3.8) is 0 Å². The zero-order valence-corrected chi connectivity index (χ0v) is 61.5. The highest BCUT2D eigenvalue weighted by Gasteiger charge is 2.52. The quantitative estimate of drug-likeness (QED) is 0.127. The summed E-state index contributed by atoms with van der Waals surface area (Å²) in [4.78, 5) is 4.14. The van der Waals surface area contributed by atoms with Gasteiger partial charge in [-0.05, 0) is 182 Å². The predicted octanol–water partition coefficient (Wildman–Crippen LogP) is 23.7. The van der Waals surface area contributed by atoms with Crippen molar-refractivity contribution in [1.82, 2.24) is 0 Å². The predicted molar refractivity (Wildman–Crippen MR) is 458 cm³/mol. The Labute approximate surface area is 657 Å². The Morgan fingerprint density at radius 1 is 0.278 bits per heavy atom. The average Bonchev–Trinajstić information content (AvgIpc) is 0.661. The van der Waals surface area contributed by atoms with Crippen molar-refractivity contribution in [3.05, 3.63) is 350 Å². The minimum Gasteiger partial charge on any atom is -0.459 e. The zero-order chi connectivity index (χ0) is 86.4. The van der Waals surface area contributed by atoms with Crippen molar-refractivity contribution in [2.24, 2.45) is 0 Å². The van der Waals surface area contributed by atoms with Gasteiger partial charge in [-0.3, -0.25) is 0 Å². The van der Waals surface area contributed by atoms with Gasteiger partial charge in [-0.15, -0.1) is 0 Å². The van der Waals surface area contributed by atoms with Crippen molar-refractivity contribution in [3.8, 4) is 112 Å². The van der Waals surface area contributed by atoms with Crippen LogP contribution in [0.4, 0.5) is 34.1 Å². The van der Waals surface area contributed by atoms with Crippen LogP contribution in [-0.2, 0) is 16.2 Å². The fourth-order valence-electron chi connectivity index (χ4n) is 16.2. The van der Waals surface area contributed by atoms with E-state index in [4.69, 9.17) is 9.47 Å². The third-order valence-corrected chi connectivity index (χ3v) is 21.7. The highest BCUT2D eigenvalue weighted by atomic mass is 16.5. The van der Waals surface area contributed by atoms with Gasteiger partial charge in [0.15, 0.2) is 0 Å². The van der Waals surface area contributed by atoms with Crippen LogP contribution in [0.1, 0.15) is 99.6 Å². The van der Waals surface area contributed by atoms with E-state index in [-0.39, 0.29) is 108 Å². The molecule has 0 fully saturated rings. The van der Waals surface area contributed by atoms with Gasteiger partial charge in [0.2, 0.25) is 0 Å². The molecule has 518 valence electrons. The topological polar surface area (TPSA) is 24.9 Å². The second kappa shape index (κ2) is 25.7. The summed E-state index contributed by atoms with van der Waals surface area (Å²) >= 11 is 0. The minimum absolute atomic E-state index is 0.00881. The normalized spacial score (nSPS) is 15.1. The Bertz CT molecular complexity index is 6840. The molecule has 4 aliphatic heterocycles. The lowest BCUT2D eigenvalue weighted by Crippen LogP contribution is -2.65. The molecule has 15 aromatic rings. The van der Waals surface area contributed by atoms with Gasteiger partial charge < -0.3 is 19.3 Å².